The van der Waals surface area contributed by atoms with Crippen molar-refractivity contribution in [3.63, 3.8) is 0 Å². The lowest BCUT2D eigenvalue weighted by molar-refractivity contribution is -0.111. The van der Waals surface area contributed by atoms with Gasteiger partial charge in [-0.25, -0.2) is 0 Å². The molecule has 0 aliphatic carbocycles. The molecule has 0 aromatic heterocycles. The van der Waals surface area contributed by atoms with Crippen LogP contribution in [0.3, 0.4) is 0 Å². The Balaban J connectivity index is 1.64. The Morgan fingerprint density at radius 1 is 0.750 bits per heavy atom. The molecule has 3 rings (SSSR count). The zero-order valence-electron chi connectivity index (χ0n) is 15.0. The smallest absolute Gasteiger partial charge is 0.248 e. The first kappa shape index (κ1) is 19.3. The highest BCUT2D eigenvalue weighted by molar-refractivity contribution is 6.30. The summed E-state index contributed by atoms with van der Waals surface area (Å²) in [5.41, 5.74) is 2.88. The van der Waals surface area contributed by atoms with Gasteiger partial charge in [-0.3, -0.25) is 9.59 Å². The largest absolute Gasteiger partial charge is 0.322 e. The lowest BCUT2D eigenvalue weighted by atomic mass is 10.1. The van der Waals surface area contributed by atoms with E-state index in [1.807, 2.05) is 42.5 Å². The van der Waals surface area contributed by atoms with Crippen molar-refractivity contribution in [3.05, 3.63) is 113 Å². The second kappa shape index (κ2) is 9.49. The fourth-order valence-corrected chi connectivity index (χ4v) is 2.64. The van der Waals surface area contributed by atoms with Crippen molar-refractivity contribution in [2.75, 3.05) is 5.32 Å². The molecule has 28 heavy (non-hydrogen) atoms. The summed E-state index contributed by atoms with van der Waals surface area (Å²) in [4.78, 5) is 24.5. The van der Waals surface area contributed by atoms with E-state index in [-0.39, 0.29) is 11.7 Å². The SMILES string of the molecule is O=C(C=Cc1ccccc1)Nc1cccc(C(=O)/C=C/c2ccc(Cl)cc2)c1. The molecule has 3 aromatic rings. The summed E-state index contributed by atoms with van der Waals surface area (Å²) in [6.07, 6.45) is 6.43. The quantitative estimate of drug-likeness (QED) is 0.423. The summed E-state index contributed by atoms with van der Waals surface area (Å²) in [7, 11) is 0. The maximum atomic E-state index is 12.4. The molecule has 0 spiro atoms. The van der Waals surface area contributed by atoms with E-state index in [4.69, 9.17) is 11.6 Å². The highest BCUT2D eigenvalue weighted by Crippen LogP contribution is 2.14. The lowest BCUT2D eigenvalue weighted by Gasteiger charge is -2.04. The number of hydrogen-bond donors (Lipinski definition) is 1. The third-order valence-corrected chi connectivity index (χ3v) is 4.19. The van der Waals surface area contributed by atoms with E-state index in [1.54, 1.807) is 48.6 Å². The Bertz CT molecular complexity index is 1020. The summed E-state index contributed by atoms with van der Waals surface area (Å²) in [6, 6.07) is 23.6. The molecule has 1 N–H and O–H groups in total. The first-order chi connectivity index (χ1) is 13.6. The first-order valence-corrected chi connectivity index (χ1v) is 9.10. The summed E-state index contributed by atoms with van der Waals surface area (Å²) in [6.45, 7) is 0. The summed E-state index contributed by atoms with van der Waals surface area (Å²) in [5.74, 6) is -0.406. The minimum absolute atomic E-state index is 0.147. The van der Waals surface area contributed by atoms with E-state index in [9.17, 15) is 9.59 Å². The van der Waals surface area contributed by atoms with E-state index < -0.39 is 0 Å². The molecule has 0 fully saturated rings. The van der Waals surface area contributed by atoms with Gasteiger partial charge < -0.3 is 5.32 Å². The Hall–Kier alpha value is -3.43. The average Bonchev–Trinajstić information content (AvgIpc) is 2.72. The molecule has 0 bridgehead atoms. The van der Waals surface area contributed by atoms with Crippen LogP contribution in [0.1, 0.15) is 21.5 Å². The highest BCUT2D eigenvalue weighted by atomic mass is 35.5. The fraction of sp³-hybridized carbons (Fsp3) is 0. The molecule has 0 radical (unpaired) electrons. The van der Waals surface area contributed by atoms with Crippen LogP contribution >= 0.6 is 11.6 Å². The molecule has 0 saturated carbocycles. The van der Waals surface area contributed by atoms with Crippen molar-refractivity contribution in [1.82, 2.24) is 0 Å². The minimum Gasteiger partial charge on any atom is -0.322 e. The second-order valence-electron chi connectivity index (χ2n) is 6.06. The number of ketones is 1. The van der Waals surface area contributed by atoms with E-state index in [0.717, 1.165) is 11.1 Å². The van der Waals surface area contributed by atoms with Gasteiger partial charge in [-0.2, -0.15) is 0 Å². The Morgan fingerprint density at radius 2 is 1.43 bits per heavy atom. The van der Waals surface area contributed by atoms with Crippen LogP contribution in [-0.2, 0) is 4.79 Å². The van der Waals surface area contributed by atoms with Crippen LogP contribution in [0.2, 0.25) is 5.02 Å². The maximum Gasteiger partial charge on any atom is 0.248 e. The number of nitrogens with one attached hydrogen (secondary N) is 1. The van der Waals surface area contributed by atoms with Gasteiger partial charge >= 0.3 is 0 Å². The molecule has 0 atom stereocenters. The number of allylic oxidation sites excluding steroid dienone is 1. The molecule has 138 valence electrons. The normalized spacial score (nSPS) is 11.0. The summed E-state index contributed by atoms with van der Waals surface area (Å²) >= 11 is 5.86. The Labute approximate surface area is 169 Å². The van der Waals surface area contributed by atoms with Gasteiger partial charge in [0, 0.05) is 22.3 Å². The third kappa shape index (κ3) is 5.79. The topological polar surface area (TPSA) is 46.2 Å². The van der Waals surface area contributed by atoms with E-state index in [0.29, 0.717) is 16.3 Å². The van der Waals surface area contributed by atoms with Crippen molar-refractivity contribution in [1.29, 1.82) is 0 Å². The van der Waals surface area contributed by atoms with Gasteiger partial charge in [0.25, 0.3) is 0 Å². The van der Waals surface area contributed by atoms with Crippen LogP contribution in [-0.4, -0.2) is 11.7 Å². The van der Waals surface area contributed by atoms with Gasteiger partial charge in [0.15, 0.2) is 5.78 Å². The number of carbonyl (C=O) groups is 2. The molecular formula is C24H18ClNO2. The maximum absolute atomic E-state index is 12.4. The van der Waals surface area contributed by atoms with Crippen LogP contribution in [0, 0.1) is 0 Å². The molecule has 4 heteroatoms. The highest BCUT2D eigenvalue weighted by Gasteiger charge is 2.04. The van der Waals surface area contributed by atoms with Crippen molar-refractivity contribution in [2.24, 2.45) is 0 Å². The zero-order valence-corrected chi connectivity index (χ0v) is 15.8. The number of halogens is 1. The van der Waals surface area contributed by atoms with Gasteiger partial charge in [-0.05, 0) is 47.5 Å². The third-order valence-electron chi connectivity index (χ3n) is 3.94. The van der Waals surface area contributed by atoms with Crippen LogP contribution in [0.25, 0.3) is 12.2 Å². The molecule has 0 unspecified atom stereocenters. The van der Waals surface area contributed by atoms with E-state index >= 15 is 0 Å². The van der Waals surface area contributed by atoms with E-state index in [2.05, 4.69) is 5.32 Å². The van der Waals surface area contributed by atoms with Gasteiger partial charge in [0.2, 0.25) is 5.91 Å². The number of rotatable bonds is 6. The number of carbonyl (C=O) groups excluding carboxylic acids is 2. The Kier molecular flexibility index (Phi) is 6.55. The molecule has 3 aromatic carbocycles. The number of hydrogen-bond acceptors (Lipinski definition) is 2. The van der Waals surface area contributed by atoms with Gasteiger partial charge in [-0.1, -0.05) is 72.3 Å². The van der Waals surface area contributed by atoms with Crippen LogP contribution < -0.4 is 5.32 Å². The standard InChI is InChI=1S/C24H18ClNO2/c25-21-13-9-19(10-14-21)11-15-23(27)20-7-4-8-22(17-20)26-24(28)16-12-18-5-2-1-3-6-18/h1-17H,(H,26,28)/b15-11+,16-12?. The monoisotopic (exact) mass is 387 g/mol. The molecule has 0 saturated heterocycles. The van der Waals surface area contributed by atoms with Crippen LogP contribution in [0.5, 0.6) is 0 Å². The molecule has 0 aliphatic rings. The minimum atomic E-state index is -0.259. The van der Waals surface area contributed by atoms with Crippen molar-refractivity contribution < 1.29 is 9.59 Å². The van der Waals surface area contributed by atoms with Crippen LogP contribution in [0.4, 0.5) is 5.69 Å². The van der Waals surface area contributed by atoms with Gasteiger partial charge in [0.05, 0.1) is 0 Å². The molecule has 3 nitrogen and oxygen atoms in total. The van der Waals surface area contributed by atoms with Gasteiger partial charge in [0.1, 0.15) is 0 Å². The van der Waals surface area contributed by atoms with Crippen LogP contribution in [0.15, 0.2) is 91.0 Å². The predicted octanol–water partition coefficient (Wildman–Crippen LogP) is 5.89. The molecule has 0 aliphatic heterocycles. The molecule has 1 amide bonds. The second-order valence-corrected chi connectivity index (χ2v) is 6.50. The van der Waals surface area contributed by atoms with Crippen molar-refractivity contribution >= 4 is 41.1 Å². The average molecular weight is 388 g/mol. The summed E-state index contributed by atoms with van der Waals surface area (Å²) < 4.78 is 0. The van der Waals surface area contributed by atoms with Crippen molar-refractivity contribution in [2.45, 2.75) is 0 Å². The Morgan fingerprint density at radius 3 is 2.18 bits per heavy atom. The molecule has 0 heterocycles. The van der Waals surface area contributed by atoms with E-state index in [1.165, 1.54) is 12.2 Å². The molecular weight excluding hydrogens is 370 g/mol. The zero-order chi connectivity index (χ0) is 19.8. The van der Waals surface area contributed by atoms with Gasteiger partial charge in [-0.15, -0.1) is 0 Å². The van der Waals surface area contributed by atoms with Crippen molar-refractivity contribution in [3.8, 4) is 0 Å². The number of benzene rings is 3. The lowest BCUT2D eigenvalue weighted by Crippen LogP contribution is -2.08. The number of anilines is 1. The number of amides is 1. The predicted molar refractivity (Wildman–Crippen MR) is 115 cm³/mol. The summed E-state index contributed by atoms with van der Waals surface area (Å²) in [5, 5.41) is 3.42. The fourth-order valence-electron chi connectivity index (χ4n) is 2.51. The first-order valence-electron chi connectivity index (χ1n) is 8.72.